The van der Waals surface area contributed by atoms with E-state index in [-0.39, 0.29) is 0 Å². The standard InChI is InChI=1S/C14H20N4/c1-2-4-14(10-18-8-6-16-12-18)13(3-1)9-17-7-5-15-11-17/h5-8,11-14H,1-4,9-10H2. The van der Waals surface area contributed by atoms with Gasteiger partial charge in [0.1, 0.15) is 0 Å². The summed E-state index contributed by atoms with van der Waals surface area (Å²) in [6, 6.07) is 0. The summed E-state index contributed by atoms with van der Waals surface area (Å²) in [4.78, 5) is 8.27. The molecule has 1 aliphatic rings. The molecule has 0 aromatic carbocycles. The number of aromatic nitrogens is 4. The van der Waals surface area contributed by atoms with E-state index in [4.69, 9.17) is 0 Å². The Kier molecular flexibility index (Phi) is 3.44. The van der Waals surface area contributed by atoms with Gasteiger partial charge in [0.05, 0.1) is 12.7 Å². The van der Waals surface area contributed by atoms with Crippen LogP contribution < -0.4 is 0 Å². The summed E-state index contributed by atoms with van der Waals surface area (Å²) in [5.41, 5.74) is 0. The van der Waals surface area contributed by atoms with Gasteiger partial charge in [-0.05, 0) is 24.7 Å². The zero-order valence-corrected chi connectivity index (χ0v) is 10.7. The highest BCUT2D eigenvalue weighted by molar-refractivity contribution is 4.83. The highest BCUT2D eigenvalue weighted by atomic mass is 15.0. The van der Waals surface area contributed by atoms with Gasteiger partial charge in [0, 0.05) is 37.9 Å². The Hall–Kier alpha value is -1.58. The van der Waals surface area contributed by atoms with E-state index in [0.717, 1.165) is 24.9 Å². The zero-order valence-electron chi connectivity index (χ0n) is 10.7. The molecule has 2 atom stereocenters. The summed E-state index contributed by atoms with van der Waals surface area (Å²) in [7, 11) is 0. The van der Waals surface area contributed by atoms with E-state index in [1.165, 1.54) is 25.7 Å². The second kappa shape index (κ2) is 5.38. The Bertz CT molecular complexity index is 402. The fraction of sp³-hybridized carbons (Fsp3) is 0.571. The van der Waals surface area contributed by atoms with Crippen LogP contribution in [0.4, 0.5) is 0 Å². The number of hydrogen-bond donors (Lipinski definition) is 0. The van der Waals surface area contributed by atoms with Gasteiger partial charge in [0.2, 0.25) is 0 Å². The molecule has 4 heteroatoms. The fourth-order valence-corrected chi connectivity index (χ4v) is 3.10. The summed E-state index contributed by atoms with van der Waals surface area (Å²) in [5, 5.41) is 0. The van der Waals surface area contributed by atoms with Crippen LogP contribution in [-0.2, 0) is 13.1 Å². The molecule has 0 saturated heterocycles. The second-order valence-electron chi connectivity index (χ2n) is 5.32. The summed E-state index contributed by atoms with van der Waals surface area (Å²) in [6.45, 7) is 2.22. The van der Waals surface area contributed by atoms with Crippen LogP contribution >= 0.6 is 0 Å². The van der Waals surface area contributed by atoms with Crippen molar-refractivity contribution in [2.75, 3.05) is 0 Å². The van der Waals surface area contributed by atoms with Crippen molar-refractivity contribution in [1.82, 2.24) is 19.1 Å². The third-order valence-electron chi connectivity index (χ3n) is 4.08. The predicted octanol–water partition coefficient (Wildman–Crippen LogP) is 2.59. The molecule has 0 N–H and O–H groups in total. The Labute approximate surface area is 108 Å². The van der Waals surface area contributed by atoms with Crippen molar-refractivity contribution in [2.24, 2.45) is 11.8 Å². The molecule has 3 rings (SSSR count). The van der Waals surface area contributed by atoms with Gasteiger partial charge in [-0.25, -0.2) is 9.97 Å². The predicted molar refractivity (Wildman–Crippen MR) is 69.9 cm³/mol. The minimum atomic E-state index is 0.773. The lowest BCUT2D eigenvalue weighted by Crippen LogP contribution is -2.27. The van der Waals surface area contributed by atoms with Crippen molar-refractivity contribution in [3.05, 3.63) is 37.4 Å². The molecule has 0 aliphatic heterocycles. The van der Waals surface area contributed by atoms with Crippen LogP contribution in [0.5, 0.6) is 0 Å². The molecule has 96 valence electrons. The van der Waals surface area contributed by atoms with Crippen LogP contribution in [0.1, 0.15) is 25.7 Å². The van der Waals surface area contributed by atoms with Gasteiger partial charge in [-0.3, -0.25) is 0 Å². The molecular formula is C14H20N4. The lowest BCUT2D eigenvalue weighted by atomic mass is 9.79. The number of rotatable bonds is 4. The second-order valence-corrected chi connectivity index (χ2v) is 5.32. The molecule has 1 fully saturated rings. The van der Waals surface area contributed by atoms with E-state index < -0.39 is 0 Å². The minimum absolute atomic E-state index is 0.773. The van der Waals surface area contributed by atoms with Crippen LogP contribution in [0.15, 0.2) is 37.4 Å². The molecule has 0 spiro atoms. The summed E-state index contributed by atoms with van der Waals surface area (Å²) in [6.07, 6.45) is 17.2. The average Bonchev–Trinajstić information content (AvgIpc) is 3.05. The maximum Gasteiger partial charge on any atom is 0.0945 e. The van der Waals surface area contributed by atoms with Crippen LogP contribution in [0.25, 0.3) is 0 Å². The highest BCUT2D eigenvalue weighted by Crippen LogP contribution is 2.32. The smallest absolute Gasteiger partial charge is 0.0945 e. The molecule has 0 bridgehead atoms. The average molecular weight is 244 g/mol. The molecule has 0 radical (unpaired) electrons. The molecule has 2 aromatic heterocycles. The first-order valence-electron chi connectivity index (χ1n) is 6.83. The largest absolute Gasteiger partial charge is 0.337 e. The third-order valence-corrected chi connectivity index (χ3v) is 4.08. The maximum atomic E-state index is 4.14. The van der Waals surface area contributed by atoms with Crippen molar-refractivity contribution in [1.29, 1.82) is 0 Å². The summed E-state index contributed by atoms with van der Waals surface area (Å²) < 4.78 is 4.44. The summed E-state index contributed by atoms with van der Waals surface area (Å²) in [5.74, 6) is 1.55. The first-order valence-corrected chi connectivity index (χ1v) is 6.83. The van der Waals surface area contributed by atoms with Crippen molar-refractivity contribution >= 4 is 0 Å². The lowest BCUT2D eigenvalue weighted by Gasteiger charge is -2.32. The van der Waals surface area contributed by atoms with Crippen molar-refractivity contribution in [3.8, 4) is 0 Å². The van der Waals surface area contributed by atoms with Gasteiger partial charge >= 0.3 is 0 Å². The Morgan fingerprint density at radius 2 is 1.33 bits per heavy atom. The van der Waals surface area contributed by atoms with E-state index in [2.05, 4.69) is 31.5 Å². The number of imidazole rings is 2. The van der Waals surface area contributed by atoms with Gasteiger partial charge < -0.3 is 9.13 Å². The van der Waals surface area contributed by atoms with Crippen LogP contribution in [0.2, 0.25) is 0 Å². The van der Waals surface area contributed by atoms with Crippen molar-refractivity contribution < 1.29 is 0 Å². The molecule has 1 aliphatic carbocycles. The van der Waals surface area contributed by atoms with Gasteiger partial charge in [-0.15, -0.1) is 0 Å². The molecule has 2 heterocycles. The fourth-order valence-electron chi connectivity index (χ4n) is 3.10. The van der Waals surface area contributed by atoms with E-state index in [0.29, 0.717) is 0 Å². The number of hydrogen-bond acceptors (Lipinski definition) is 2. The van der Waals surface area contributed by atoms with E-state index >= 15 is 0 Å². The van der Waals surface area contributed by atoms with Gasteiger partial charge in [0.15, 0.2) is 0 Å². The number of nitrogens with zero attached hydrogens (tertiary/aromatic N) is 4. The molecule has 2 aromatic rings. The molecule has 0 amide bonds. The van der Waals surface area contributed by atoms with E-state index in [1.807, 2.05) is 25.0 Å². The molecule has 4 nitrogen and oxygen atoms in total. The molecule has 1 saturated carbocycles. The molecule has 2 unspecified atom stereocenters. The van der Waals surface area contributed by atoms with E-state index in [9.17, 15) is 0 Å². The maximum absolute atomic E-state index is 4.14. The first kappa shape index (κ1) is 11.5. The summed E-state index contributed by atoms with van der Waals surface area (Å²) >= 11 is 0. The Balaban J connectivity index is 1.66. The quantitative estimate of drug-likeness (QED) is 0.828. The van der Waals surface area contributed by atoms with Gasteiger partial charge in [-0.1, -0.05) is 12.8 Å². The van der Waals surface area contributed by atoms with Crippen LogP contribution in [-0.4, -0.2) is 19.1 Å². The van der Waals surface area contributed by atoms with Crippen molar-refractivity contribution in [2.45, 2.75) is 38.8 Å². The molecular weight excluding hydrogens is 224 g/mol. The highest BCUT2D eigenvalue weighted by Gasteiger charge is 2.25. The van der Waals surface area contributed by atoms with Crippen LogP contribution in [0.3, 0.4) is 0 Å². The lowest BCUT2D eigenvalue weighted by molar-refractivity contribution is 0.189. The zero-order chi connectivity index (χ0) is 12.2. The SMILES string of the molecule is c1cn(CC2CCCCC2Cn2ccnc2)cn1. The Morgan fingerprint density at radius 3 is 1.72 bits per heavy atom. The van der Waals surface area contributed by atoms with Crippen molar-refractivity contribution in [3.63, 3.8) is 0 Å². The minimum Gasteiger partial charge on any atom is -0.337 e. The topological polar surface area (TPSA) is 35.6 Å². The monoisotopic (exact) mass is 244 g/mol. The first-order chi connectivity index (χ1) is 8.92. The normalized spacial score (nSPS) is 24.2. The van der Waals surface area contributed by atoms with Gasteiger partial charge in [-0.2, -0.15) is 0 Å². The van der Waals surface area contributed by atoms with Crippen LogP contribution in [0, 0.1) is 11.8 Å². The van der Waals surface area contributed by atoms with E-state index in [1.54, 1.807) is 0 Å². The molecule has 18 heavy (non-hydrogen) atoms. The van der Waals surface area contributed by atoms with Gasteiger partial charge in [0.25, 0.3) is 0 Å². The third kappa shape index (κ3) is 2.63. The Morgan fingerprint density at radius 1 is 0.833 bits per heavy atom.